The number of nitrogens with zero attached hydrogens (tertiary/aromatic N) is 4. The fraction of sp³-hybridized carbons (Fsp3) is 0.0435. The Morgan fingerprint density at radius 1 is 0.971 bits per heavy atom. The fourth-order valence-corrected chi connectivity index (χ4v) is 3.84. The molecule has 1 aromatic heterocycles. The minimum Gasteiger partial charge on any atom is -0.272 e. The average molecular weight is 492 g/mol. The van der Waals surface area contributed by atoms with Crippen molar-refractivity contribution >= 4 is 29.3 Å². The number of carbonyl (C=O) groups is 2. The van der Waals surface area contributed by atoms with Crippen molar-refractivity contribution in [3.05, 3.63) is 100 Å². The lowest BCUT2D eigenvalue weighted by atomic mass is 10.2. The van der Waals surface area contributed by atoms with E-state index in [-0.39, 0.29) is 17.0 Å². The predicted octanol–water partition coefficient (Wildman–Crippen LogP) is 3.53. The van der Waals surface area contributed by atoms with Gasteiger partial charge in [-0.1, -0.05) is 48.2 Å². The number of hydrogen-bond acceptors (Lipinski definition) is 7. The van der Waals surface area contributed by atoms with Crippen LogP contribution in [-0.4, -0.2) is 37.3 Å². The van der Waals surface area contributed by atoms with Crippen LogP contribution in [0.15, 0.2) is 84.0 Å². The SMILES string of the molecule is O=C(CSc1nnc(-c2ccccc2)n1-c1ccc(F)cc1)NNC(=O)c1cccc([N+](=O)[O-])c1. The third kappa shape index (κ3) is 5.68. The van der Waals surface area contributed by atoms with E-state index < -0.39 is 22.6 Å². The first-order valence-electron chi connectivity index (χ1n) is 10.2. The summed E-state index contributed by atoms with van der Waals surface area (Å²) in [6, 6.07) is 20.2. The second-order valence-electron chi connectivity index (χ2n) is 7.08. The minimum atomic E-state index is -0.701. The molecule has 176 valence electrons. The summed E-state index contributed by atoms with van der Waals surface area (Å²) in [5.74, 6) is -1.24. The number of benzene rings is 3. The maximum Gasteiger partial charge on any atom is 0.270 e. The Hall–Kier alpha value is -4.58. The molecule has 4 rings (SSSR count). The minimum absolute atomic E-state index is 0.0238. The van der Waals surface area contributed by atoms with Crippen molar-refractivity contribution in [1.29, 1.82) is 0 Å². The molecular formula is C23H17FN6O4S. The van der Waals surface area contributed by atoms with Crippen molar-refractivity contribution in [1.82, 2.24) is 25.6 Å². The van der Waals surface area contributed by atoms with Crippen molar-refractivity contribution in [2.45, 2.75) is 5.16 Å². The van der Waals surface area contributed by atoms with Gasteiger partial charge < -0.3 is 0 Å². The van der Waals surface area contributed by atoms with E-state index in [2.05, 4.69) is 21.0 Å². The molecule has 0 saturated heterocycles. The second-order valence-corrected chi connectivity index (χ2v) is 8.02. The van der Waals surface area contributed by atoms with Crippen LogP contribution in [-0.2, 0) is 4.79 Å². The number of hydrazine groups is 1. The van der Waals surface area contributed by atoms with Crippen molar-refractivity contribution in [3.8, 4) is 17.1 Å². The molecule has 12 heteroatoms. The first-order chi connectivity index (χ1) is 16.9. The fourth-order valence-electron chi connectivity index (χ4n) is 3.09. The number of aromatic nitrogens is 3. The summed E-state index contributed by atoms with van der Waals surface area (Å²) < 4.78 is 15.2. The Morgan fingerprint density at radius 3 is 2.43 bits per heavy atom. The molecule has 0 radical (unpaired) electrons. The highest BCUT2D eigenvalue weighted by Crippen LogP contribution is 2.28. The lowest BCUT2D eigenvalue weighted by molar-refractivity contribution is -0.384. The van der Waals surface area contributed by atoms with Crippen LogP contribution in [0.3, 0.4) is 0 Å². The molecular weight excluding hydrogens is 475 g/mol. The van der Waals surface area contributed by atoms with E-state index in [9.17, 15) is 24.1 Å². The zero-order valence-electron chi connectivity index (χ0n) is 17.9. The second kappa shape index (κ2) is 10.6. The highest BCUT2D eigenvalue weighted by Gasteiger charge is 2.18. The zero-order chi connectivity index (χ0) is 24.8. The van der Waals surface area contributed by atoms with E-state index >= 15 is 0 Å². The summed E-state index contributed by atoms with van der Waals surface area (Å²) in [5.41, 5.74) is 5.67. The molecule has 35 heavy (non-hydrogen) atoms. The van der Waals surface area contributed by atoms with Crippen LogP contribution in [0, 0.1) is 15.9 Å². The van der Waals surface area contributed by atoms with Gasteiger partial charge in [0.1, 0.15) is 5.82 Å². The van der Waals surface area contributed by atoms with Gasteiger partial charge in [-0.15, -0.1) is 10.2 Å². The standard InChI is InChI=1S/C23H17FN6O4S/c24-17-9-11-18(12-10-17)29-21(15-5-2-1-3-6-15)26-28-23(29)35-14-20(31)25-27-22(32)16-7-4-8-19(13-16)30(33)34/h1-13H,14H2,(H,25,31)(H,27,32). The van der Waals surface area contributed by atoms with E-state index in [0.717, 1.165) is 23.4 Å². The number of carbonyl (C=O) groups excluding carboxylic acids is 2. The Kier molecular flexibility index (Phi) is 7.12. The molecule has 0 fully saturated rings. The van der Waals surface area contributed by atoms with E-state index in [1.54, 1.807) is 16.7 Å². The maximum absolute atomic E-state index is 13.5. The lowest BCUT2D eigenvalue weighted by Crippen LogP contribution is -2.42. The summed E-state index contributed by atoms with van der Waals surface area (Å²) in [4.78, 5) is 34.8. The third-order valence-electron chi connectivity index (χ3n) is 4.72. The quantitative estimate of drug-likeness (QED) is 0.229. The number of non-ortho nitro benzene ring substituents is 1. The summed E-state index contributed by atoms with van der Waals surface area (Å²) in [5, 5.41) is 19.7. The number of hydrogen-bond donors (Lipinski definition) is 2. The third-order valence-corrected chi connectivity index (χ3v) is 5.65. The lowest BCUT2D eigenvalue weighted by Gasteiger charge is -2.11. The number of nitro benzene ring substituents is 1. The maximum atomic E-state index is 13.5. The van der Waals surface area contributed by atoms with Crippen LogP contribution in [0.5, 0.6) is 0 Å². The number of nitro groups is 1. The van der Waals surface area contributed by atoms with Gasteiger partial charge in [0.25, 0.3) is 11.6 Å². The van der Waals surface area contributed by atoms with Gasteiger partial charge >= 0.3 is 0 Å². The van der Waals surface area contributed by atoms with E-state index in [1.807, 2.05) is 30.3 Å². The molecule has 4 aromatic rings. The van der Waals surface area contributed by atoms with Crippen molar-refractivity contribution in [2.75, 3.05) is 5.75 Å². The first kappa shape index (κ1) is 23.6. The van der Waals surface area contributed by atoms with Crippen LogP contribution in [0.25, 0.3) is 17.1 Å². The van der Waals surface area contributed by atoms with Gasteiger partial charge in [-0.05, 0) is 30.3 Å². The molecule has 0 spiro atoms. The number of halogens is 1. The van der Waals surface area contributed by atoms with Gasteiger partial charge in [0.2, 0.25) is 5.91 Å². The molecule has 0 aliphatic carbocycles. The Morgan fingerprint density at radius 2 is 1.71 bits per heavy atom. The van der Waals surface area contributed by atoms with Gasteiger partial charge in [0.05, 0.1) is 10.7 Å². The van der Waals surface area contributed by atoms with Gasteiger partial charge in [-0.3, -0.25) is 35.1 Å². The smallest absolute Gasteiger partial charge is 0.270 e. The number of nitrogens with one attached hydrogen (secondary N) is 2. The first-order valence-corrected chi connectivity index (χ1v) is 11.1. The van der Waals surface area contributed by atoms with Crippen molar-refractivity contribution in [2.24, 2.45) is 0 Å². The summed E-state index contributed by atoms with van der Waals surface area (Å²) in [6.07, 6.45) is 0. The Bertz CT molecular complexity index is 1380. The molecule has 2 amide bonds. The molecule has 0 atom stereocenters. The van der Waals surface area contributed by atoms with Gasteiger partial charge in [0, 0.05) is 28.9 Å². The highest BCUT2D eigenvalue weighted by atomic mass is 32.2. The van der Waals surface area contributed by atoms with Crippen LogP contribution in [0.1, 0.15) is 10.4 Å². The molecule has 0 saturated carbocycles. The monoisotopic (exact) mass is 492 g/mol. The van der Waals surface area contributed by atoms with Crippen molar-refractivity contribution < 1.29 is 18.9 Å². The van der Waals surface area contributed by atoms with E-state index in [0.29, 0.717) is 16.7 Å². The summed E-state index contributed by atoms with van der Waals surface area (Å²) in [6.45, 7) is 0. The molecule has 3 aromatic carbocycles. The van der Waals surface area contributed by atoms with Gasteiger partial charge in [-0.2, -0.15) is 0 Å². The highest BCUT2D eigenvalue weighted by molar-refractivity contribution is 7.99. The molecule has 0 bridgehead atoms. The van der Waals surface area contributed by atoms with Crippen molar-refractivity contribution in [3.63, 3.8) is 0 Å². The van der Waals surface area contributed by atoms with Crippen LogP contribution in [0.2, 0.25) is 0 Å². The molecule has 2 N–H and O–H groups in total. The molecule has 0 unspecified atom stereocenters. The predicted molar refractivity (Wildman–Crippen MR) is 126 cm³/mol. The van der Waals surface area contributed by atoms with Crippen LogP contribution in [0.4, 0.5) is 10.1 Å². The van der Waals surface area contributed by atoms with Crippen LogP contribution >= 0.6 is 11.8 Å². The van der Waals surface area contributed by atoms with Gasteiger partial charge in [-0.25, -0.2) is 4.39 Å². The average Bonchev–Trinajstić information content (AvgIpc) is 3.31. The van der Waals surface area contributed by atoms with Gasteiger partial charge in [0.15, 0.2) is 11.0 Å². The normalized spacial score (nSPS) is 10.5. The summed E-state index contributed by atoms with van der Waals surface area (Å²) in [7, 11) is 0. The number of thioether (sulfide) groups is 1. The van der Waals surface area contributed by atoms with E-state index in [1.165, 1.54) is 30.3 Å². The topological polar surface area (TPSA) is 132 Å². The van der Waals surface area contributed by atoms with E-state index in [4.69, 9.17) is 0 Å². The molecule has 0 aliphatic heterocycles. The molecule has 10 nitrogen and oxygen atoms in total. The number of rotatable bonds is 7. The summed E-state index contributed by atoms with van der Waals surface area (Å²) >= 11 is 1.07. The Balaban J connectivity index is 1.45. The largest absolute Gasteiger partial charge is 0.272 e. The number of amides is 2. The molecule has 1 heterocycles. The van der Waals surface area contributed by atoms with Crippen LogP contribution < -0.4 is 10.9 Å². The Labute approximate surface area is 202 Å². The molecule has 0 aliphatic rings. The zero-order valence-corrected chi connectivity index (χ0v) is 18.7.